The normalized spacial score (nSPS) is 11.5. The van der Waals surface area contributed by atoms with E-state index in [-0.39, 0.29) is 26.0 Å². The van der Waals surface area contributed by atoms with Crippen molar-refractivity contribution in [2.75, 3.05) is 0 Å². The number of hydrogen-bond donors (Lipinski definition) is 0. The first kappa shape index (κ1) is 37.4. The summed E-state index contributed by atoms with van der Waals surface area (Å²) in [5.74, 6) is 0.727. The van der Waals surface area contributed by atoms with Gasteiger partial charge in [-0.25, -0.2) is 0 Å². The van der Waals surface area contributed by atoms with Crippen molar-refractivity contribution in [1.82, 2.24) is 9.97 Å². The summed E-state index contributed by atoms with van der Waals surface area (Å²) in [5, 5.41) is 2.24. The predicted octanol–water partition coefficient (Wildman–Crippen LogP) is 13.6. The fraction of sp³-hybridized carbons (Fsp3) is 0.0980. The molecule has 0 saturated carbocycles. The van der Waals surface area contributed by atoms with Gasteiger partial charge in [-0.3, -0.25) is 0 Å². The summed E-state index contributed by atoms with van der Waals surface area (Å²) < 4.78 is 5.85. The van der Waals surface area contributed by atoms with Crippen molar-refractivity contribution in [1.29, 1.82) is 0 Å². The summed E-state index contributed by atoms with van der Waals surface area (Å²) in [6.45, 7) is 6.65. The van der Waals surface area contributed by atoms with Crippen LogP contribution in [0.3, 0.4) is 0 Å². The molecule has 6 aromatic carbocycles. The number of fused-ring (bicyclic) bond motifs is 3. The van der Waals surface area contributed by atoms with E-state index in [9.17, 15) is 0 Å². The maximum atomic E-state index is 5.85. The minimum atomic E-state index is 0. The van der Waals surface area contributed by atoms with Crippen molar-refractivity contribution in [2.24, 2.45) is 0 Å². The topological polar surface area (TPSA) is 38.9 Å². The Balaban J connectivity index is 0.000000177. The van der Waals surface area contributed by atoms with Crippen molar-refractivity contribution in [3.63, 3.8) is 0 Å². The first-order valence-corrected chi connectivity index (χ1v) is 18.5. The predicted molar refractivity (Wildman–Crippen MR) is 223 cm³/mol. The van der Waals surface area contributed by atoms with Crippen LogP contribution in [-0.4, -0.2) is 9.97 Å². The van der Waals surface area contributed by atoms with E-state index in [1.54, 1.807) is 0 Å². The largest absolute Gasteiger partial charge is 0.500 e. The van der Waals surface area contributed by atoms with E-state index in [0.717, 1.165) is 44.5 Å². The number of aromatic nitrogens is 2. The van der Waals surface area contributed by atoms with Gasteiger partial charge in [0.25, 0.3) is 0 Å². The van der Waals surface area contributed by atoms with E-state index >= 15 is 0 Å². The van der Waals surface area contributed by atoms with Crippen molar-refractivity contribution in [3.05, 3.63) is 205 Å². The Morgan fingerprint density at radius 3 is 1.93 bits per heavy atom. The molecule has 0 aliphatic heterocycles. The molecular weight excluding hydrogens is 849 g/mol. The van der Waals surface area contributed by atoms with E-state index < -0.39 is 0 Å². The number of hydrogen-bond acceptors (Lipinski definition) is 3. The Kier molecular flexibility index (Phi) is 11.6. The molecule has 0 spiro atoms. The van der Waals surface area contributed by atoms with Gasteiger partial charge < -0.3 is 14.4 Å². The second-order valence-electron chi connectivity index (χ2n) is 13.9. The maximum absolute atomic E-state index is 5.85. The van der Waals surface area contributed by atoms with Gasteiger partial charge in [0.1, 0.15) is 5.58 Å². The second-order valence-corrected chi connectivity index (χ2v) is 13.9. The van der Waals surface area contributed by atoms with Crippen LogP contribution in [0.15, 0.2) is 181 Å². The van der Waals surface area contributed by atoms with Crippen molar-refractivity contribution < 1.29 is 24.5 Å². The van der Waals surface area contributed by atoms with Crippen LogP contribution in [0.1, 0.15) is 49.3 Å². The monoisotopic (exact) mass is 889 g/mol. The minimum absolute atomic E-state index is 0. The summed E-state index contributed by atoms with van der Waals surface area (Å²) in [4.78, 5) is 9.37. The summed E-state index contributed by atoms with van der Waals surface area (Å²) in [5.41, 5.74) is 14.3. The van der Waals surface area contributed by atoms with E-state index in [4.69, 9.17) is 9.40 Å². The molecule has 9 aromatic rings. The van der Waals surface area contributed by atoms with Gasteiger partial charge in [-0.15, -0.1) is 59.2 Å². The molecule has 271 valence electrons. The number of pyridine rings is 2. The molecule has 3 heterocycles. The molecule has 0 saturated heterocycles. The number of furan rings is 1. The molecule has 0 amide bonds. The minimum Gasteiger partial charge on any atom is -0.500 e. The zero-order valence-electron chi connectivity index (χ0n) is 31.0. The average Bonchev–Trinajstić information content (AvgIpc) is 3.62. The summed E-state index contributed by atoms with van der Waals surface area (Å²) in [7, 11) is 0. The zero-order valence-corrected chi connectivity index (χ0v) is 33.4. The Hall–Kier alpha value is -5.93. The van der Waals surface area contributed by atoms with Gasteiger partial charge in [0.15, 0.2) is 0 Å². The molecule has 1 unspecified atom stereocenters. The second kappa shape index (κ2) is 17.0. The molecule has 4 heteroatoms. The van der Waals surface area contributed by atoms with E-state index in [1.165, 1.54) is 38.9 Å². The average molecular weight is 889 g/mol. The molecular formula is C51H40IrN2O-2. The third-order valence-corrected chi connectivity index (χ3v) is 10.0. The van der Waals surface area contributed by atoms with Crippen LogP contribution in [-0.2, 0) is 20.1 Å². The van der Waals surface area contributed by atoms with E-state index in [2.05, 4.69) is 165 Å². The number of rotatable bonds is 7. The third-order valence-electron chi connectivity index (χ3n) is 10.0. The van der Waals surface area contributed by atoms with Crippen LogP contribution in [0.2, 0.25) is 0 Å². The number of nitrogens with zero attached hydrogens (tertiary/aromatic N) is 2. The molecule has 3 nitrogen and oxygen atoms in total. The standard InChI is InChI=1S/C31H24N.C20H16NO.Ir/c1-23(24-12-5-2-6-13-24)29-21-31(32-22-30(29)26-16-9-4-10-17-26)28-19-11-18-27(20-28)25-14-7-3-8-15-25;1-13(2)14-9-10-21-18(12-14)15-7-8-20-17(11-15)16-5-3-4-6-19(16)22-20;/h2-18,20-23H,1H3;3-6,8-13H,1-2H3;/q2*-1;. The van der Waals surface area contributed by atoms with Crippen LogP contribution >= 0.6 is 0 Å². The van der Waals surface area contributed by atoms with E-state index in [1.807, 2.05) is 48.8 Å². The molecule has 0 aliphatic carbocycles. The molecule has 1 radical (unpaired) electrons. The van der Waals surface area contributed by atoms with Crippen LogP contribution in [0.5, 0.6) is 0 Å². The quantitative estimate of drug-likeness (QED) is 0.150. The third kappa shape index (κ3) is 8.27. The summed E-state index contributed by atoms with van der Waals surface area (Å²) in [6, 6.07) is 63.2. The molecule has 9 rings (SSSR count). The van der Waals surface area contributed by atoms with Crippen LogP contribution in [0, 0.1) is 12.1 Å². The Morgan fingerprint density at radius 2 is 1.18 bits per heavy atom. The SMILES string of the molecule is CC(C)c1ccnc(-c2[c-]cc3oc4ccccc4c3c2)c1.CC(c1ccccc1)c1cc(-c2[c-]ccc(-c3ccccc3)c2)ncc1-c1ccccc1.[Ir]. The fourth-order valence-electron chi connectivity index (χ4n) is 6.95. The smallest absolute Gasteiger partial charge is 0.120 e. The Morgan fingerprint density at radius 1 is 0.527 bits per heavy atom. The van der Waals surface area contributed by atoms with Crippen LogP contribution in [0.25, 0.3) is 66.7 Å². The number of benzene rings is 6. The van der Waals surface area contributed by atoms with Gasteiger partial charge in [-0.05, 0) is 51.7 Å². The molecule has 3 aromatic heterocycles. The van der Waals surface area contributed by atoms with Gasteiger partial charge >= 0.3 is 0 Å². The Labute approximate surface area is 337 Å². The molecule has 1 atom stereocenters. The summed E-state index contributed by atoms with van der Waals surface area (Å²) in [6.07, 6.45) is 3.89. The molecule has 0 bridgehead atoms. The summed E-state index contributed by atoms with van der Waals surface area (Å²) >= 11 is 0. The fourth-order valence-corrected chi connectivity index (χ4v) is 6.95. The van der Waals surface area contributed by atoms with Crippen molar-refractivity contribution in [3.8, 4) is 44.8 Å². The van der Waals surface area contributed by atoms with Gasteiger partial charge in [0.05, 0.1) is 5.58 Å². The first-order valence-electron chi connectivity index (χ1n) is 18.5. The molecule has 0 fully saturated rings. The maximum Gasteiger partial charge on any atom is 0.120 e. The Bertz CT molecular complexity index is 2650. The van der Waals surface area contributed by atoms with Gasteiger partial charge in [-0.1, -0.05) is 153 Å². The van der Waals surface area contributed by atoms with E-state index in [0.29, 0.717) is 5.92 Å². The first-order chi connectivity index (χ1) is 26.5. The number of para-hydroxylation sites is 1. The molecule has 0 aliphatic rings. The zero-order chi connectivity index (χ0) is 36.9. The van der Waals surface area contributed by atoms with Crippen molar-refractivity contribution in [2.45, 2.75) is 32.6 Å². The van der Waals surface area contributed by atoms with Gasteiger partial charge in [0, 0.05) is 49.4 Å². The van der Waals surface area contributed by atoms with Gasteiger partial charge in [-0.2, -0.15) is 0 Å². The van der Waals surface area contributed by atoms with Gasteiger partial charge in [0.2, 0.25) is 0 Å². The van der Waals surface area contributed by atoms with Crippen LogP contribution < -0.4 is 0 Å². The molecule has 0 N–H and O–H groups in total. The molecule has 55 heavy (non-hydrogen) atoms. The van der Waals surface area contributed by atoms with Crippen molar-refractivity contribution >= 4 is 21.9 Å². The van der Waals surface area contributed by atoms with Crippen LogP contribution in [0.4, 0.5) is 0 Å².